The van der Waals surface area contributed by atoms with Gasteiger partial charge in [-0.25, -0.2) is 9.78 Å². The first-order valence-corrected chi connectivity index (χ1v) is 13.0. The molecule has 8 nitrogen and oxygen atoms in total. The third-order valence-electron chi connectivity index (χ3n) is 6.36. The highest BCUT2D eigenvalue weighted by molar-refractivity contribution is 5.83. The fourth-order valence-electron chi connectivity index (χ4n) is 4.26. The molecule has 8 heteroatoms. The van der Waals surface area contributed by atoms with Crippen LogP contribution in [0.3, 0.4) is 0 Å². The predicted octanol–water partition coefficient (Wildman–Crippen LogP) is 3.25. The Balaban J connectivity index is 1.44. The third kappa shape index (κ3) is 9.58. The minimum Gasteiger partial charge on any atom is -0.480 e. The van der Waals surface area contributed by atoms with E-state index in [-0.39, 0.29) is 11.8 Å². The van der Waals surface area contributed by atoms with Crippen molar-refractivity contribution in [3.63, 3.8) is 0 Å². The number of unbranched alkanes of at least 4 members (excludes halogenated alkanes) is 1. The molecule has 0 spiro atoms. The van der Waals surface area contributed by atoms with E-state index in [4.69, 9.17) is 9.72 Å². The summed E-state index contributed by atoms with van der Waals surface area (Å²) in [4.78, 5) is 30.8. The third-order valence-corrected chi connectivity index (χ3v) is 6.36. The van der Waals surface area contributed by atoms with Crippen LogP contribution in [-0.2, 0) is 27.2 Å². The molecule has 0 aromatic carbocycles. The molecule has 0 radical (unpaired) electrons. The van der Waals surface area contributed by atoms with E-state index in [0.29, 0.717) is 32.1 Å². The van der Waals surface area contributed by atoms with Crippen LogP contribution >= 0.6 is 0 Å². The van der Waals surface area contributed by atoms with E-state index in [0.717, 1.165) is 69.7 Å². The first-order chi connectivity index (χ1) is 16.4. The molecule has 1 aromatic rings. The van der Waals surface area contributed by atoms with E-state index >= 15 is 0 Å². The standard InChI is InChI=1S/C26H42N4O4/c1-19(2)18-24(31)29-23(26(32)33)12-15-30(16-17-34-22-10-11-22)14-4-3-7-21-9-8-20-6-5-13-27-25(20)28-21/h8-9,19,22-23H,3-7,10-18H2,1-2H3,(H,27,28)(H,29,31)(H,32,33). The molecule has 190 valence electrons. The number of hydrogen-bond donors (Lipinski definition) is 3. The number of carbonyl (C=O) groups excluding carboxylic acids is 1. The molecule has 3 rings (SSSR count). The van der Waals surface area contributed by atoms with Crippen molar-refractivity contribution in [1.29, 1.82) is 0 Å². The maximum absolute atomic E-state index is 12.1. The summed E-state index contributed by atoms with van der Waals surface area (Å²) in [7, 11) is 0. The minimum absolute atomic E-state index is 0.196. The van der Waals surface area contributed by atoms with Gasteiger partial charge in [0.15, 0.2) is 0 Å². The molecule has 1 aliphatic heterocycles. The van der Waals surface area contributed by atoms with Crippen molar-refractivity contribution < 1.29 is 19.4 Å². The number of aliphatic carboxylic acids is 1. The van der Waals surface area contributed by atoms with Gasteiger partial charge in [0.2, 0.25) is 5.91 Å². The Hall–Kier alpha value is -2.19. The average molecular weight is 475 g/mol. The van der Waals surface area contributed by atoms with Gasteiger partial charge in [-0.2, -0.15) is 0 Å². The van der Waals surface area contributed by atoms with Gasteiger partial charge in [0.05, 0.1) is 12.7 Å². The summed E-state index contributed by atoms with van der Waals surface area (Å²) in [5.41, 5.74) is 2.43. The summed E-state index contributed by atoms with van der Waals surface area (Å²) in [6, 6.07) is 3.49. The number of carbonyl (C=O) groups is 2. The number of nitrogens with one attached hydrogen (secondary N) is 2. The van der Waals surface area contributed by atoms with Crippen LogP contribution in [0.5, 0.6) is 0 Å². The molecule has 2 heterocycles. The van der Waals surface area contributed by atoms with Gasteiger partial charge < -0.3 is 25.4 Å². The maximum Gasteiger partial charge on any atom is 0.326 e. The van der Waals surface area contributed by atoms with Gasteiger partial charge in [-0.15, -0.1) is 0 Å². The maximum atomic E-state index is 12.1. The summed E-state index contributed by atoms with van der Waals surface area (Å²) >= 11 is 0. The fraction of sp³-hybridized carbons (Fsp3) is 0.731. The number of carboxylic acids is 1. The summed E-state index contributed by atoms with van der Waals surface area (Å²) in [5.74, 6) is 0.0733. The number of aromatic nitrogens is 1. The molecule has 1 saturated carbocycles. The monoisotopic (exact) mass is 474 g/mol. The zero-order valence-electron chi connectivity index (χ0n) is 20.9. The number of fused-ring (bicyclic) bond motifs is 1. The summed E-state index contributed by atoms with van der Waals surface area (Å²) in [6.07, 6.45) is 8.66. The molecule has 2 aliphatic rings. The van der Waals surface area contributed by atoms with Crippen molar-refractivity contribution in [2.75, 3.05) is 38.1 Å². The van der Waals surface area contributed by atoms with Crippen molar-refractivity contribution in [3.05, 3.63) is 23.4 Å². The van der Waals surface area contributed by atoms with Crippen LogP contribution in [0.2, 0.25) is 0 Å². The normalized spacial score (nSPS) is 16.2. The molecular weight excluding hydrogens is 432 g/mol. The van der Waals surface area contributed by atoms with Crippen LogP contribution in [0.25, 0.3) is 0 Å². The second-order valence-electron chi connectivity index (χ2n) is 10.1. The van der Waals surface area contributed by atoms with Crippen molar-refractivity contribution in [3.8, 4) is 0 Å². The lowest BCUT2D eigenvalue weighted by atomic mass is 10.1. The van der Waals surface area contributed by atoms with Gasteiger partial charge in [0.25, 0.3) is 0 Å². The van der Waals surface area contributed by atoms with E-state index < -0.39 is 12.0 Å². The van der Waals surface area contributed by atoms with Gasteiger partial charge in [0.1, 0.15) is 11.9 Å². The van der Waals surface area contributed by atoms with Crippen LogP contribution in [0, 0.1) is 5.92 Å². The van der Waals surface area contributed by atoms with E-state index in [1.807, 2.05) is 13.8 Å². The minimum atomic E-state index is -0.974. The van der Waals surface area contributed by atoms with Crippen molar-refractivity contribution >= 4 is 17.7 Å². The highest BCUT2D eigenvalue weighted by atomic mass is 16.5. The lowest BCUT2D eigenvalue weighted by molar-refractivity contribution is -0.142. The quantitative estimate of drug-likeness (QED) is 0.316. The second-order valence-corrected chi connectivity index (χ2v) is 10.1. The zero-order valence-corrected chi connectivity index (χ0v) is 20.9. The molecular formula is C26H42N4O4. The molecule has 3 N–H and O–H groups in total. The molecule has 34 heavy (non-hydrogen) atoms. The van der Waals surface area contributed by atoms with E-state index in [9.17, 15) is 14.7 Å². The van der Waals surface area contributed by atoms with E-state index in [1.165, 1.54) is 12.0 Å². The Morgan fingerprint density at radius 3 is 2.79 bits per heavy atom. The molecule has 1 aliphatic carbocycles. The number of nitrogens with zero attached hydrogens (tertiary/aromatic N) is 2. The number of anilines is 1. The lowest BCUT2D eigenvalue weighted by Crippen LogP contribution is -2.44. The topological polar surface area (TPSA) is 104 Å². The molecule has 0 bridgehead atoms. The Morgan fingerprint density at radius 2 is 2.06 bits per heavy atom. The van der Waals surface area contributed by atoms with Gasteiger partial charge in [-0.05, 0) is 75.5 Å². The van der Waals surface area contributed by atoms with E-state index in [2.05, 4.69) is 27.7 Å². The van der Waals surface area contributed by atoms with Crippen LogP contribution in [0.15, 0.2) is 12.1 Å². The van der Waals surface area contributed by atoms with Crippen molar-refractivity contribution in [2.45, 2.75) is 83.8 Å². The largest absolute Gasteiger partial charge is 0.480 e. The zero-order chi connectivity index (χ0) is 24.3. The second kappa shape index (κ2) is 13.6. The van der Waals surface area contributed by atoms with Gasteiger partial charge >= 0.3 is 5.97 Å². The average Bonchev–Trinajstić information content (AvgIpc) is 3.62. The lowest BCUT2D eigenvalue weighted by Gasteiger charge is -2.24. The van der Waals surface area contributed by atoms with Gasteiger partial charge in [0, 0.05) is 31.7 Å². The molecule has 1 atom stereocenters. The molecule has 1 aromatic heterocycles. The number of amides is 1. The van der Waals surface area contributed by atoms with Gasteiger partial charge in [-0.1, -0.05) is 19.9 Å². The molecule has 0 saturated heterocycles. The van der Waals surface area contributed by atoms with E-state index in [1.54, 1.807) is 0 Å². The molecule has 1 amide bonds. The van der Waals surface area contributed by atoms with Crippen LogP contribution < -0.4 is 10.6 Å². The van der Waals surface area contributed by atoms with Crippen molar-refractivity contribution in [1.82, 2.24) is 15.2 Å². The number of rotatable bonds is 16. The Labute approximate surface area is 203 Å². The number of ether oxygens (including phenoxy) is 1. The van der Waals surface area contributed by atoms with Gasteiger partial charge in [-0.3, -0.25) is 4.79 Å². The number of pyridine rings is 1. The predicted molar refractivity (Wildman–Crippen MR) is 133 cm³/mol. The molecule has 1 fully saturated rings. The highest BCUT2D eigenvalue weighted by Crippen LogP contribution is 2.23. The number of aryl methyl sites for hydroxylation is 2. The fourth-order valence-corrected chi connectivity index (χ4v) is 4.26. The number of hydrogen-bond acceptors (Lipinski definition) is 6. The smallest absolute Gasteiger partial charge is 0.326 e. The summed E-state index contributed by atoms with van der Waals surface area (Å²) in [6.45, 7) is 7.85. The Morgan fingerprint density at radius 1 is 1.24 bits per heavy atom. The van der Waals surface area contributed by atoms with Crippen LogP contribution in [0.4, 0.5) is 5.82 Å². The first kappa shape index (κ1) is 26.4. The first-order valence-electron chi connectivity index (χ1n) is 13.0. The highest BCUT2D eigenvalue weighted by Gasteiger charge is 2.23. The van der Waals surface area contributed by atoms with Crippen LogP contribution in [-0.4, -0.2) is 71.8 Å². The molecule has 1 unspecified atom stereocenters. The van der Waals surface area contributed by atoms with Crippen LogP contribution in [0.1, 0.15) is 70.1 Å². The Bertz CT molecular complexity index is 797. The van der Waals surface area contributed by atoms with Crippen molar-refractivity contribution in [2.24, 2.45) is 5.92 Å². The Kier molecular flexibility index (Phi) is 10.6. The SMILES string of the molecule is CC(C)CC(=O)NC(CCN(CCCCc1ccc2c(n1)NCCC2)CCOC1CC1)C(=O)O. The summed E-state index contributed by atoms with van der Waals surface area (Å²) < 4.78 is 5.83. The summed E-state index contributed by atoms with van der Waals surface area (Å²) in [5, 5.41) is 15.7. The number of carboxylic acid groups (broad SMARTS) is 1.